The normalized spacial score (nSPS) is 15.1. The molecule has 0 spiro atoms. The summed E-state index contributed by atoms with van der Waals surface area (Å²) in [6, 6.07) is -1.79. The fourth-order valence-corrected chi connectivity index (χ4v) is 0.980. The molecule has 4 nitrogen and oxygen atoms in total. The standard InChI is InChI=1S/C9H8F10N2O2/c1-3(21-5(23)7(12,13)9(17,18)19)2-20-4(22)6(10,11)8(14,15)16/h3H,2H2,1H3,(H,20,22)(H,21,23)/t3-/m1/s1. The van der Waals surface area contributed by atoms with E-state index in [0.717, 1.165) is 10.6 Å². The van der Waals surface area contributed by atoms with Gasteiger partial charge < -0.3 is 10.6 Å². The zero-order valence-electron chi connectivity index (χ0n) is 10.9. The fraction of sp³-hybridized carbons (Fsp3) is 0.778. The number of halogens is 10. The summed E-state index contributed by atoms with van der Waals surface area (Å²) in [5.74, 6) is -17.3. The summed E-state index contributed by atoms with van der Waals surface area (Å²) >= 11 is 0. The number of hydrogen-bond donors (Lipinski definition) is 2. The Morgan fingerprint density at radius 2 is 1.13 bits per heavy atom. The molecule has 0 aliphatic heterocycles. The van der Waals surface area contributed by atoms with E-state index in [2.05, 4.69) is 0 Å². The summed E-state index contributed by atoms with van der Waals surface area (Å²) in [5.41, 5.74) is 0. The van der Waals surface area contributed by atoms with Gasteiger partial charge in [0.25, 0.3) is 5.91 Å². The van der Waals surface area contributed by atoms with Gasteiger partial charge in [-0.3, -0.25) is 9.59 Å². The first-order valence-corrected chi connectivity index (χ1v) is 5.43. The maximum Gasteiger partial charge on any atom is 0.463 e. The van der Waals surface area contributed by atoms with E-state index >= 15 is 0 Å². The van der Waals surface area contributed by atoms with Gasteiger partial charge >= 0.3 is 30.1 Å². The molecule has 0 heterocycles. The van der Waals surface area contributed by atoms with E-state index in [1.165, 1.54) is 0 Å². The molecule has 0 unspecified atom stereocenters. The molecule has 0 aromatic heterocycles. The molecule has 0 aliphatic carbocycles. The van der Waals surface area contributed by atoms with E-state index < -0.39 is 48.6 Å². The Morgan fingerprint density at radius 3 is 1.48 bits per heavy atom. The fourth-order valence-electron chi connectivity index (χ4n) is 0.980. The third-order valence-corrected chi connectivity index (χ3v) is 2.23. The van der Waals surface area contributed by atoms with Gasteiger partial charge in [0.15, 0.2) is 0 Å². The van der Waals surface area contributed by atoms with Crippen molar-refractivity contribution in [2.24, 2.45) is 0 Å². The smallest absolute Gasteiger partial charge is 0.349 e. The minimum Gasteiger partial charge on any atom is -0.349 e. The monoisotopic (exact) mass is 366 g/mol. The lowest BCUT2D eigenvalue weighted by Crippen LogP contribution is -2.56. The number of nitrogens with one attached hydrogen (secondary N) is 2. The first kappa shape index (κ1) is 21.2. The highest BCUT2D eigenvalue weighted by atomic mass is 19.4. The molecular weight excluding hydrogens is 358 g/mol. The summed E-state index contributed by atoms with van der Waals surface area (Å²) in [6.45, 7) is -0.555. The summed E-state index contributed by atoms with van der Waals surface area (Å²) in [6.07, 6.45) is -12.5. The number of hydrogen-bond acceptors (Lipinski definition) is 2. The topological polar surface area (TPSA) is 58.2 Å². The second kappa shape index (κ2) is 6.39. The zero-order valence-corrected chi connectivity index (χ0v) is 10.9. The molecule has 2 amide bonds. The van der Waals surface area contributed by atoms with Gasteiger partial charge in [0.2, 0.25) is 0 Å². The number of carbonyl (C=O) groups excluding carboxylic acids is 2. The van der Waals surface area contributed by atoms with Gasteiger partial charge in [-0.1, -0.05) is 0 Å². The van der Waals surface area contributed by atoms with Gasteiger partial charge in [-0.25, -0.2) is 0 Å². The van der Waals surface area contributed by atoms with Crippen LogP contribution in [0.5, 0.6) is 0 Å². The predicted octanol–water partition coefficient (Wildman–Crippen LogP) is 2.00. The van der Waals surface area contributed by atoms with Crippen LogP contribution in [0.25, 0.3) is 0 Å². The molecule has 23 heavy (non-hydrogen) atoms. The van der Waals surface area contributed by atoms with Crippen molar-refractivity contribution in [2.75, 3.05) is 6.54 Å². The van der Waals surface area contributed by atoms with Crippen molar-refractivity contribution >= 4 is 11.8 Å². The van der Waals surface area contributed by atoms with Crippen molar-refractivity contribution in [3.05, 3.63) is 0 Å². The number of rotatable bonds is 5. The Kier molecular flexibility index (Phi) is 5.90. The summed E-state index contributed by atoms with van der Waals surface area (Å²) in [5, 5.41) is 2.00. The Labute approximate surface area is 121 Å². The quantitative estimate of drug-likeness (QED) is 0.732. The molecule has 0 saturated carbocycles. The molecule has 136 valence electrons. The molecule has 1 atom stereocenters. The van der Waals surface area contributed by atoms with Crippen LogP contribution in [0.3, 0.4) is 0 Å². The molecule has 0 fully saturated rings. The van der Waals surface area contributed by atoms with Crippen LogP contribution in [-0.2, 0) is 9.59 Å². The lowest BCUT2D eigenvalue weighted by atomic mass is 10.2. The first-order chi connectivity index (χ1) is 9.94. The van der Waals surface area contributed by atoms with Crippen molar-refractivity contribution in [2.45, 2.75) is 37.2 Å². The Bertz CT molecular complexity index is 456. The van der Waals surface area contributed by atoms with Crippen LogP contribution < -0.4 is 10.6 Å². The van der Waals surface area contributed by atoms with Crippen molar-refractivity contribution in [3.8, 4) is 0 Å². The van der Waals surface area contributed by atoms with Crippen LogP contribution in [-0.4, -0.2) is 48.6 Å². The third kappa shape index (κ3) is 4.86. The maximum atomic E-state index is 12.5. The van der Waals surface area contributed by atoms with Crippen LogP contribution in [0.4, 0.5) is 43.9 Å². The lowest BCUT2D eigenvalue weighted by Gasteiger charge is -2.23. The molecule has 0 aliphatic rings. The number of alkyl halides is 10. The highest BCUT2D eigenvalue weighted by Crippen LogP contribution is 2.36. The van der Waals surface area contributed by atoms with Gasteiger partial charge in [-0.2, -0.15) is 43.9 Å². The van der Waals surface area contributed by atoms with E-state index in [-0.39, 0.29) is 0 Å². The summed E-state index contributed by atoms with van der Waals surface area (Å²) in [4.78, 5) is 21.3. The summed E-state index contributed by atoms with van der Waals surface area (Å²) in [7, 11) is 0. The second-order valence-corrected chi connectivity index (χ2v) is 4.23. The molecule has 0 saturated heterocycles. The van der Waals surface area contributed by atoms with E-state index in [9.17, 15) is 53.5 Å². The molecule has 0 rings (SSSR count). The third-order valence-electron chi connectivity index (χ3n) is 2.23. The van der Waals surface area contributed by atoms with Crippen molar-refractivity contribution < 1.29 is 53.5 Å². The van der Waals surface area contributed by atoms with Crippen LogP contribution in [0.1, 0.15) is 6.92 Å². The van der Waals surface area contributed by atoms with E-state index in [1.807, 2.05) is 0 Å². The Morgan fingerprint density at radius 1 is 0.783 bits per heavy atom. The van der Waals surface area contributed by atoms with E-state index in [1.54, 1.807) is 0 Å². The molecule has 0 bridgehead atoms. The minimum atomic E-state index is -6.23. The highest BCUT2D eigenvalue weighted by Gasteiger charge is 2.64. The van der Waals surface area contributed by atoms with Gasteiger partial charge in [0.1, 0.15) is 0 Å². The molecule has 2 N–H and O–H groups in total. The Hall–Kier alpha value is -1.76. The van der Waals surface area contributed by atoms with Gasteiger partial charge in [0.05, 0.1) is 0 Å². The van der Waals surface area contributed by atoms with Gasteiger partial charge in [0, 0.05) is 12.6 Å². The van der Waals surface area contributed by atoms with E-state index in [0.29, 0.717) is 6.92 Å². The SMILES string of the molecule is C[C@H](CNC(=O)C(F)(F)C(F)(F)F)NC(=O)C(F)(F)C(F)(F)F. The molecule has 0 aromatic rings. The van der Waals surface area contributed by atoms with Crippen LogP contribution in [0.2, 0.25) is 0 Å². The van der Waals surface area contributed by atoms with Gasteiger partial charge in [-0.05, 0) is 6.92 Å². The average molecular weight is 366 g/mol. The van der Waals surface area contributed by atoms with Crippen LogP contribution >= 0.6 is 0 Å². The molecule has 14 heteroatoms. The van der Waals surface area contributed by atoms with Crippen LogP contribution in [0, 0.1) is 0 Å². The van der Waals surface area contributed by atoms with Crippen molar-refractivity contribution in [3.63, 3.8) is 0 Å². The molecule has 0 aromatic carbocycles. The minimum absolute atomic E-state index is 0.691. The zero-order chi connectivity index (χ0) is 18.9. The first-order valence-electron chi connectivity index (χ1n) is 5.43. The largest absolute Gasteiger partial charge is 0.463 e. The summed E-state index contributed by atoms with van der Waals surface area (Å²) < 4.78 is 121. The van der Waals surface area contributed by atoms with E-state index in [4.69, 9.17) is 0 Å². The van der Waals surface area contributed by atoms with Crippen molar-refractivity contribution in [1.29, 1.82) is 0 Å². The highest BCUT2D eigenvalue weighted by molar-refractivity contribution is 5.85. The van der Waals surface area contributed by atoms with Crippen molar-refractivity contribution in [1.82, 2.24) is 10.6 Å². The maximum absolute atomic E-state index is 12.5. The predicted molar refractivity (Wildman–Crippen MR) is 52.6 cm³/mol. The number of amides is 2. The second-order valence-electron chi connectivity index (χ2n) is 4.23. The molecular formula is C9H8F10N2O2. The Balaban J connectivity index is 4.68. The van der Waals surface area contributed by atoms with Crippen LogP contribution in [0.15, 0.2) is 0 Å². The average Bonchev–Trinajstić information content (AvgIpc) is 2.32. The lowest BCUT2D eigenvalue weighted by molar-refractivity contribution is -0.270. The molecule has 0 radical (unpaired) electrons. The number of carbonyl (C=O) groups is 2. The van der Waals surface area contributed by atoms with Gasteiger partial charge in [-0.15, -0.1) is 0 Å².